The van der Waals surface area contributed by atoms with Gasteiger partial charge in [0.1, 0.15) is 0 Å². The zero-order valence-electron chi connectivity index (χ0n) is 6.39. The summed E-state index contributed by atoms with van der Waals surface area (Å²) in [5, 5.41) is 8.95. The van der Waals surface area contributed by atoms with Crippen LogP contribution in [0.1, 0.15) is 19.5 Å². The van der Waals surface area contributed by atoms with Gasteiger partial charge in [-0.25, -0.2) is 0 Å². The van der Waals surface area contributed by atoms with Gasteiger partial charge < -0.3 is 10.1 Å². The minimum absolute atomic E-state index is 0.135. The predicted molar refractivity (Wildman–Crippen MR) is 40.9 cm³/mol. The number of aliphatic hydroxyl groups is 1. The second kappa shape index (κ2) is 2.46. The van der Waals surface area contributed by atoms with Gasteiger partial charge in [-0.15, -0.1) is 0 Å². The van der Waals surface area contributed by atoms with Crippen LogP contribution in [0.2, 0.25) is 0 Å². The number of nitrogens with one attached hydrogen (secondary N) is 1. The smallest absolute Gasteiger partial charge is 0.0536 e. The average Bonchev–Trinajstić information content (AvgIpc) is 2.38. The van der Waals surface area contributed by atoms with E-state index in [0.717, 1.165) is 5.69 Å². The Kier molecular flexibility index (Phi) is 1.81. The van der Waals surface area contributed by atoms with Crippen molar-refractivity contribution in [2.24, 2.45) is 0 Å². The first-order chi connectivity index (χ1) is 4.67. The van der Waals surface area contributed by atoms with Gasteiger partial charge in [-0.3, -0.25) is 0 Å². The number of hydrogen-bond donors (Lipinski definition) is 2. The maximum Gasteiger partial charge on any atom is 0.0536 e. The summed E-state index contributed by atoms with van der Waals surface area (Å²) in [6.07, 6.45) is 1.87. The third-order valence-electron chi connectivity index (χ3n) is 1.72. The van der Waals surface area contributed by atoms with Crippen LogP contribution >= 0.6 is 0 Å². The summed E-state index contributed by atoms with van der Waals surface area (Å²) in [6.45, 7) is 4.17. The number of aromatic nitrogens is 1. The van der Waals surface area contributed by atoms with Gasteiger partial charge >= 0.3 is 0 Å². The van der Waals surface area contributed by atoms with Gasteiger partial charge in [0.15, 0.2) is 0 Å². The molecule has 2 heteroatoms. The van der Waals surface area contributed by atoms with Gasteiger partial charge in [-0.2, -0.15) is 0 Å². The highest BCUT2D eigenvalue weighted by atomic mass is 16.3. The minimum Gasteiger partial charge on any atom is -0.395 e. The van der Waals surface area contributed by atoms with E-state index >= 15 is 0 Å². The molecule has 0 fully saturated rings. The normalized spacial score (nSPS) is 11.9. The molecule has 0 saturated heterocycles. The Hall–Kier alpha value is -0.760. The monoisotopic (exact) mass is 139 g/mol. The van der Waals surface area contributed by atoms with Gasteiger partial charge in [0.05, 0.1) is 6.61 Å². The first-order valence-corrected chi connectivity index (χ1v) is 3.41. The highest BCUT2D eigenvalue weighted by Gasteiger charge is 2.19. The van der Waals surface area contributed by atoms with Crippen molar-refractivity contribution in [1.29, 1.82) is 0 Å². The molecule has 0 saturated carbocycles. The SMILES string of the molecule is CC(C)(CO)c1ccc[nH]1. The molecule has 2 N–H and O–H groups in total. The summed E-state index contributed by atoms with van der Waals surface area (Å²) in [6, 6.07) is 3.92. The van der Waals surface area contributed by atoms with E-state index in [1.165, 1.54) is 0 Å². The molecule has 0 unspecified atom stereocenters. The third kappa shape index (κ3) is 1.21. The van der Waals surface area contributed by atoms with Crippen LogP contribution in [0.5, 0.6) is 0 Å². The summed E-state index contributed by atoms with van der Waals surface area (Å²) in [5.41, 5.74) is 0.943. The van der Waals surface area contributed by atoms with Crippen molar-refractivity contribution in [3.05, 3.63) is 24.0 Å². The van der Waals surface area contributed by atoms with Gasteiger partial charge in [0.25, 0.3) is 0 Å². The highest BCUT2D eigenvalue weighted by molar-refractivity contribution is 5.14. The summed E-state index contributed by atoms with van der Waals surface area (Å²) in [4.78, 5) is 3.07. The summed E-state index contributed by atoms with van der Waals surface area (Å²) < 4.78 is 0. The quantitative estimate of drug-likeness (QED) is 0.636. The molecule has 1 aromatic rings. The second-order valence-electron chi connectivity index (χ2n) is 3.13. The molecule has 56 valence electrons. The first kappa shape index (κ1) is 7.35. The minimum atomic E-state index is -0.135. The fourth-order valence-corrected chi connectivity index (χ4v) is 0.836. The van der Waals surface area contributed by atoms with Gasteiger partial charge in [-0.1, -0.05) is 13.8 Å². The molecule has 0 spiro atoms. The van der Waals surface area contributed by atoms with E-state index in [9.17, 15) is 0 Å². The topological polar surface area (TPSA) is 36.0 Å². The molecule has 0 atom stereocenters. The zero-order valence-corrected chi connectivity index (χ0v) is 6.39. The van der Waals surface area contributed by atoms with E-state index in [-0.39, 0.29) is 12.0 Å². The van der Waals surface area contributed by atoms with E-state index in [4.69, 9.17) is 5.11 Å². The van der Waals surface area contributed by atoms with Crippen molar-refractivity contribution in [3.63, 3.8) is 0 Å². The van der Waals surface area contributed by atoms with Crippen LogP contribution in [0.25, 0.3) is 0 Å². The van der Waals surface area contributed by atoms with E-state index < -0.39 is 0 Å². The molecule has 2 nitrogen and oxygen atoms in total. The Labute approximate surface area is 60.9 Å². The second-order valence-corrected chi connectivity index (χ2v) is 3.13. The van der Waals surface area contributed by atoms with E-state index in [0.29, 0.717) is 0 Å². The first-order valence-electron chi connectivity index (χ1n) is 3.41. The van der Waals surface area contributed by atoms with Gasteiger partial charge in [-0.05, 0) is 12.1 Å². The molecule has 0 radical (unpaired) electrons. The lowest BCUT2D eigenvalue weighted by Crippen LogP contribution is -2.22. The maximum atomic E-state index is 8.95. The van der Waals surface area contributed by atoms with Gasteiger partial charge in [0.2, 0.25) is 0 Å². The molecule has 1 aromatic heterocycles. The Bertz CT molecular complexity index is 189. The van der Waals surface area contributed by atoms with E-state index in [1.54, 1.807) is 0 Å². The number of hydrogen-bond acceptors (Lipinski definition) is 1. The third-order valence-corrected chi connectivity index (χ3v) is 1.72. The zero-order chi connectivity index (χ0) is 7.61. The average molecular weight is 139 g/mol. The van der Waals surface area contributed by atoms with Crippen molar-refractivity contribution in [1.82, 2.24) is 4.98 Å². The Morgan fingerprint density at radius 2 is 2.30 bits per heavy atom. The molecule has 10 heavy (non-hydrogen) atoms. The predicted octanol–water partition coefficient (Wildman–Crippen LogP) is 1.28. The van der Waals surface area contributed by atoms with E-state index in [1.807, 2.05) is 32.2 Å². The molecule has 1 rings (SSSR count). The fourth-order valence-electron chi connectivity index (χ4n) is 0.836. The van der Waals surface area contributed by atoms with Crippen molar-refractivity contribution in [2.45, 2.75) is 19.3 Å². The lowest BCUT2D eigenvalue weighted by atomic mass is 9.91. The number of aromatic amines is 1. The largest absolute Gasteiger partial charge is 0.395 e. The number of aliphatic hydroxyl groups excluding tert-OH is 1. The highest BCUT2D eigenvalue weighted by Crippen LogP contribution is 2.19. The maximum absolute atomic E-state index is 8.95. The Balaban J connectivity index is 2.85. The molecule has 0 aliphatic heterocycles. The van der Waals surface area contributed by atoms with Crippen LogP contribution < -0.4 is 0 Å². The Morgan fingerprint density at radius 3 is 2.70 bits per heavy atom. The molecule has 1 heterocycles. The van der Waals surface area contributed by atoms with Crippen LogP contribution in [0.15, 0.2) is 18.3 Å². The van der Waals surface area contributed by atoms with Crippen LogP contribution in [0.4, 0.5) is 0 Å². The molecule has 0 amide bonds. The fraction of sp³-hybridized carbons (Fsp3) is 0.500. The lowest BCUT2D eigenvalue weighted by molar-refractivity contribution is 0.216. The number of rotatable bonds is 2. The molecule has 0 aliphatic carbocycles. The molecule has 0 bridgehead atoms. The van der Waals surface area contributed by atoms with Crippen molar-refractivity contribution >= 4 is 0 Å². The molecule has 0 aliphatic rings. The summed E-state index contributed by atoms with van der Waals surface area (Å²) in [7, 11) is 0. The summed E-state index contributed by atoms with van der Waals surface area (Å²) >= 11 is 0. The molecular formula is C8H13NO. The van der Waals surface area contributed by atoms with Gasteiger partial charge in [0, 0.05) is 17.3 Å². The summed E-state index contributed by atoms with van der Waals surface area (Å²) in [5.74, 6) is 0. The molecular weight excluding hydrogens is 126 g/mol. The van der Waals surface area contributed by atoms with Crippen LogP contribution in [-0.2, 0) is 5.41 Å². The Morgan fingerprint density at radius 1 is 1.60 bits per heavy atom. The van der Waals surface area contributed by atoms with Crippen LogP contribution in [-0.4, -0.2) is 16.7 Å². The standard InChI is InChI=1S/C8H13NO/c1-8(2,6-10)7-4-3-5-9-7/h3-5,9-10H,6H2,1-2H3. The van der Waals surface area contributed by atoms with Crippen molar-refractivity contribution in [2.75, 3.05) is 6.61 Å². The lowest BCUT2D eigenvalue weighted by Gasteiger charge is -2.19. The van der Waals surface area contributed by atoms with Crippen LogP contribution in [0.3, 0.4) is 0 Å². The molecule has 0 aromatic carbocycles. The number of H-pyrrole nitrogens is 1. The van der Waals surface area contributed by atoms with Crippen LogP contribution in [0, 0.1) is 0 Å². The van der Waals surface area contributed by atoms with Crippen molar-refractivity contribution in [3.8, 4) is 0 Å². The van der Waals surface area contributed by atoms with Crippen molar-refractivity contribution < 1.29 is 5.11 Å². The van der Waals surface area contributed by atoms with E-state index in [2.05, 4.69) is 4.98 Å².